The van der Waals surface area contributed by atoms with Crippen molar-refractivity contribution < 1.29 is 14.8 Å². The Labute approximate surface area is 319 Å². The fourth-order valence-electron chi connectivity index (χ4n) is 6.05. The molecule has 0 aliphatic carbocycles. The molecule has 0 aliphatic heterocycles. The number of hydrogen-bond acceptors (Lipinski definition) is 10. The third kappa shape index (κ3) is 9.57. The van der Waals surface area contributed by atoms with Crippen LogP contribution >= 0.6 is 0 Å². The van der Waals surface area contributed by atoms with Crippen molar-refractivity contribution in [1.29, 1.82) is 0 Å². The zero-order valence-corrected chi connectivity index (χ0v) is 30.2. The van der Waals surface area contributed by atoms with Crippen molar-refractivity contribution in [2.75, 3.05) is 17.4 Å². The summed E-state index contributed by atoms with van der Waals surface area (Å²) in [5.41, 5.74) is 12.2. The molecule has 0 radical (unpaired) electrons. The van der Waals surface area contributed by atoms with Crippen LogP contribution in [0.1, 0.15) is 16.7 Å². The first-order valence-electron chi connectivity index (χ1n) is 17.8. The number of nitrogens with one attached hydrogen (secondary N) is 1. The summed E-state index contributed by atoms with van der Waals surface area (Å²) < 4.78 is 0. The van der Waals surface area contributed by atoms with Crippen LogP contribution in [0.2, 0.25) is 0 Å². The van der Waals surface area contributed by atoms with Crippen LogP contribution in [0.25, 0.3) is 10.8 Å². The number of phenolic OH excluding ortho intramolecular Hbond substituents is 1. The summed E-state index contributed by atoms with van der Waals surface area (Å²) in [5.74, 6) is 0.0392. The van der Waals surface area contributed by atoms with Gasteiger partial charge >= 0.3 is 0 Å². The summed E-state index contributed by atoms with van der Waals surface area (Å²) in [4.78, 5) is 13.1. The van der Waals surface area contributed by atoms with Gasteiger partial charge in [-0.15, -0.1) is 5.11 Å². The third-order valence-electron chi connectivity index (χ3n) is 8.82. The molecule has 0 saturated heterocycles. The lowest BCUT2D eigenvalue weighted by atomic mass is 10.0. The van der Waals surface area contributed by atoms with Gasteiger partial charge in [-0.2, -0.15) is 15.3 Å². The second kappa shape index (κ2) is 17.9. The maximum absolute atomic E-state index is 10.5. The minimum Gasteiger partial charge on any atom is -0.506 e. The Kier molecular flexibility index (Phi) is 11.8. The van der Waals surface area contributed by atoms with Gasteiger partial charge in [-0.1, -0.05) is 84.0 Å². The van der Waals surface area contributed by atoms with E-state index in [2.05, 4.69) is 121 Å². The summed E-state index contributed by atoms with van der Waals surface area (Å²) >= 11 is 0. The second-order valence-electron chi connectivity index (χ2n) is 12.6. The van der Waals surface area contributed by atoms with Gasteiger partial charge in [0, 0.05) is 29.5 Å². The molecule has 0 fully saturated rings. The van der Waals surface area contributed by atoms with Crippen molar-refractivity contribution >= 4 is 57.0 Å². The molecule has 2 N–H and O–H groups in total. The average Bonchev–Trinajstić information content (AvgIpc) is 3.23. The number of oxime groups is 1. The number of nitrogens with zero attached hydrogens (tertiary/aromatic N) is 6. The Balaban J connectivity index is 0.866. The van der Waals surface area contributed by atoms with Crippen molar-refractivity contribution in [3.8, 4) is 5.75 Å². The zero-order valence-electron chi connectivity index (χ0n) is 30.2. The number of hydrogen-bond donors (Lipinski definition) is 2. The van der Waals surface area contributed by atoms with Crippen molar-refractivity contribution in [3.05, 3.63) is 180 Å². The molecule has 0 spiro atoms. The summed E-state index contributed by atoms with van der Waals surface area (Å²) in [6.07, 6.45) is 3.06. The van der Waals surface area contributed by atoms with E-state index in [-0.39, 0.29) is 12.4 Å². The van der Waals surface area contributed by atoms with Crippen LogP contribution in [0.5, 0.6) is 5.75 Å². The lowest BCUT2D eigenvalue weighted by Gasteiger charge is -2.25. The Morgan fingerprint density at radius 2 is 1.18 bits per heavy atom. The first-order chi connectivity index (χ1) is 27.1. The molecule has 0 heterocycles. The van der Waals surface area contributed by atoms with Crippen LogP contribution in [0.4, 0.5) is 39.8 Å². The highest BCUT2D eigenvalue weighted by Crippen LogP contribution is 2.37. The van der Waals surface area contributed by atoms with Crippen LogP contribution < -0.4 is 10.4 Å². The highest BCUT2D eigenvalue weighted by atomic mass is 16.7. The number of phenols is 1. The highest BCUT2D eigenvalue weighted by Gasteiger charge is 2.12. The predicted molar refractivity (Wildman–Crippen MR) is 220 cm³/mol. The van der Waals surface area contributed by atoms with Crippen LogP contribution in [-0.4, -0.2) is 18.6 Å². The second-order valence-corrected chi connectivity index (χ2v) is 12.6. The molecule has 7 rings (SSSR count). The lowest BCUT2D eigenvalue weighted by molar-refractivity contribution is 0.125. The van der Waals surface area contributed by atoms with Crippen LogP contribution in [-0.2, 0) is 29.1 Å². The molecular weight excluding hydrogens is 687 g/mol. The molecule has 7 aromatic carbocycles. The zero-order chi connectivity index (χ0) is 37.7. The maximum atomic E-state index is 10.5. The maximum Gasteiger partial charge on any atom is 0.245 e. The fraction of sp³-hybridized carbons (Fsp3) is 0.0889. The molecule has 55 heavy (non-hydrogen) atoms. The van der Waals surface area contributed by atoms with Gasteiger partial charge in [0.25, 0.3) is 0 Å². The average molecular weight is 726 g/mol. The molecule has 10 nitrogen and oxygen atoms in total. The Bertz CT molecular complexity index is 2340. The Hall–Kier alpha value is -7.33. The number of aromatic hydroxyl groups is 1. The van der Waals surface area contributed by atoms with Gasteiger partial charge in [-0.05, 0) is 120 Å². The Morgan fingerprint density at radius 3 is 1.82 bits per heavy atom. The largest absolute Gasteiger partial charge is 0.506 e. The van der Waals surface area contributed by atoms with E-state index in [1.165, 1.54) is 17.5 Å². The van der Waals surface area contributed by atoms with Gasteiger partial charge in [0.05, 0.1) is 17.1 Å². The molecule has 7 aromatic rings. The van der Waals surface area contributed by atoms with Crippen LogP contribution in [0.3, 0.4) is 0 Å². The van der Waals surface area contributed by atoms with Crippen LogP contribution in [0.15, 0.2) is 189 Å². The first-order valence-corrected chi connectivity index (χ1v) is 17.8. The van der Waals surface area contributed by atoms with Gasteiger partial charge in [-0.25, -0.2) is 5.48 Å². The third-order valence-corrected chi connectivity index (χ3v) is 8.82. The van der Waals surface area contributed by atoms with E-state index >= 15 is 0 Å². The normalized spacial score (nSPS) is 11.4. The summed E-state index contributed by atoms with van der Waals surface area (Å²) in [7, 11) is 1.62. The van der Waals surface area contributed by atoms with E-state index in [9.17, 15) is 5.11 Å². The minimum atomic E-state index is 0.0392. The van der Waals surface area contributed by atoms with E-state index in [1.54, 1.807) is 37.4 Å². The van der Waals surface area contributed by atoms with Crippen LogP contribution in [0, 0.1) is 0 Å². The molecule has 0 amide bonds. The van der Waals surface area contributed by atoms with Crippen molar-refractivity contribution in [1.82, 2.24) is 0 Å². The number of rotatable bonds is 15. The molecule has 10 heteroatoms. The van der Waals surface area contributed by atoms with E-state index in [4.69, 9.17) is 9.68 Å². The number of azo groups is 2. The quantitative estimate of drug-likeness (QED) is 0.0472. The van der Waals surface area contributed by atoms with Gasteiger partial charge < -0.3 is 19.7 Å². The van der Waals surface area contributed by atoms with E-state index in [1.807, 2.05) is 48.5 Å². The van der Waals surface area contributed by atoms with Gasteiger partial charge in [0.2, 0.25) is 6.40 Å². The number of para-hydroxylation sites is 2. The molecule has 0 atom stereocenters. The van der Waals surface area contributed by atoms with E-state index in [0.29, 0.717) is 11.4 Å². The number of fused-ring (bicyclic) bond motifs is 1. The molecular formula is C45H39N7O3. The number of aryl methyl sites for hydroxylation is 2. The molecule has 0 aromatic heterocycles. The smallest absolute Gasteiger partial charge is 0.245 e. The molecule has 272 valence electrons. The van der Waals surface area contributed by atoms with E-state index < -0.39 is 0 Å². The first kappa shape index (κ1) is 36.0. The standard InChI is InChI=1S/C45H39N7O3/c1-46-48-37-22-24-38(25-23-37)49-50-45-43-28-18-35(30-36(43)19-29-44(45)53)31-54-47-32-55-51-39-20-14-33(15-21-39)12-13-34-16-26-42(27-17-34)52(40-8-4-2-5-9-40)41-10-6-3-7-11-41/h2-11,14-30,32,51,53H,12-13,31H2,1H3/b47-32+,48-46?,50-49?. The van der Waals surface area contributed by atoms with Crippen molar-refractivity contribution in [2.24, 2.45) is 25.6 Å². The predicted octanol–water partition coefficient (Wildman–Crippen LogP) is 12.4. The van der Waals surface area contributed by atoms with Gasteiger partial charge in [0.15, 0.2) is 0 Å². The van der Waals surface area contributed by atoms with Gasteiger partial charge in [0.1, 0.15) is 18.0 Å². The van der Waals surface area contributed by atoms with Crippen molar-refractivity contribution in [3.63, 3.8) is 0 Å². The SMILES string of the molecule is CN=Nc1ccc(N=Nc2c(O)ccc3cc(CO/N=C/ONc4ccc(CCc5ccc(N(c6ccccc6)c6ccccc6)cc5)cc4)ccc23)cc1. The molecule has 0 bridgehead atoms. The monoisotopic (exact) mass is 725 g/mol. The minimum absolute atomic E-state index is 0.0392. The van der Waals surface area contributed by atoms with E-state index in [0.717, 1.165) is 57.6 Å². The summed E-state index contributed by atoms with van der Waals surface area (Å²) in [6.45, 7) is 0.227. The fourth-order valence-corrected chi connectivity index (χ4v) is 6.05. The molecule has 0 aliphatic rings. The van der Waals surface area contributed by atoms with Crippen molar-refractivity contribution in [2.45, 2.75) is 19.4 Å². The summed E-state index contributed by atoms with van der Waals surface area (Å²) in [6, 6.07) is 54.1. The number of anilines is 4. The molecule has 0 saturated carbocycles. The summed E-state index contributed by atoms with van der Waals surface area (Å²) in [5, 5.41) is 32.4. The Morgan fingerprint density at radius 1 is 0.600 bits per heavy atom. The lowest BCUT2D eigenvalue weighted by Crippen LogP contribution is -2.09. The van der Waals surface area contributed by atoms with Gasteiger partial charge in [-0.3, -0.25) is 0 Å². The highest BCUT2D eigenvalue weighted by molar-refractivity contribution is 5.95. The number of benzene rings is 7. The molecule has 0 unspecified atom stereocenters. The topological polar surface area (TPSA) is 116 Å².